The van der Waals surface area contributed by atoms with Crippen LogP contribution in [-0.4, -0.2) is 34.7 Å². The summed E-state index contributed by atoms with van der Waals surface area (Å²) < 4.78 is 28.8. The monoisotopic (exact) mass is 310 g/mol. The van der Waals surface area contributed by atoms with Crippen molar-refractivity contribution in [3.63, 3.8) is 0 Å². The number of nitrogens with one attached hydrogen (secondary N) is 2. The summed E-state index contributed by atoms with van der Waals surface area (Å²) in [4.78, 5) is 4.21. The van der Waals surface area contributed by atoms with Gasteiger partial charge in [0.2, 0.25) is 10.0 Å². The van der Waals surface area contributed by atoms with Crippen molar-refractivity contribution in [2.24, 2.45) is 0 Å². The number of sulfonamides is 1. The molecule has 0 aliphatic rings. The molecule has 2 heterocycles. The van der Waals surface area contributed by atoms with E-state index in [0.717, 1.165) is 0 Å². The van der Waals surface area contributed by atoms with Crippen molar-refractivity contribution in [2.45, 2.75) is 31.8 Å². The molecule has 0 fully saturated rings. The van der Waals surface area contributed by atoms with E-state index in [4.69, 9.17) is 0 Å². The van der Waals surface area contributed by atoms with Gasteiger partial charge in [-0.05, 0) is 19.9 Å². The molecule has 2 rings (SSSR count). The lowest BCUT2D eigenvalue weighted by molar-refractivity contribution is 0.575. The molecule has 0 amide bonds. The van der Waals surface area contributed by atoms with E-state index >= 15 is 0 Å². The second-order valence-electron chi connectivity index (χ2n) is 4.26. The zero-order chi connectivity index (χ0) is 15.3. The first kappa shape index (κ1) is 15.4. The molecule has 114 valence electrons. The van der Waals surface area contributed by atoms with Crippen LogP contribution in [0.3, 0.4) is 0 Å². The minimum absolute atomic E-state index is 0.0923. The fourth-order valence-corrected chi connectivity index (χ4v) is 2.77. The molecule has 21 heavy (non-hydrogen) atoms. The molecular formula is C12H18N6O2S. The second kappa shape index (κ2) is 6.64. The van der Waals surface area contributed by atoms with Gasteiger partial charge in [0.1, 0.15) is 18.0 Å². The van der Waals surface area contributed by atoms with Gasteiger partial charge in [-0.1, -0.05) is 0 Å². The Labute approximate surface area is 123 Å². The number of nitrogens with zero attached hydrogens (tertiary/aromatic N) is 4. The summed E-state index contributed by atoms with van der Waals surface area (Å²) in [6, 6.07) is 2.95. The maximum Gasteiger partial charge on any atom is 0.241 e. The minimum Gasteiger partial charge on any atom is -0.370 e. The van der Waals surface area contributed by atoms with Gasteiger partial charge in [-0.3, -0.25) is 0 Å². The van der Waals surface area contributed by atoms with Crippen LogP contribution in [0.1, 0.15) is 19.7 Å². The largest absolute Gasteiger partial charge is 0.370 e. The molecule has 2 N–H and O–H groups in total. The van der Waals surface area contributed by atoms with E-state index in [1.807, 2.05) is 13.8 Å². The van der Waals surface area contributed by atoms with Crippen LogP contribution in [0.2, 0.25) is 0 Å². The maximum atomic E-state index is 12.3. The molecule has 0 saturated carbocycles. The van der Waals surface area contributed by atoms with Crippen molar-refractivity contribution in [1.29, 1.82) is 0 Å². The van der Waals surface area contributed by atoms with Gasteiger partial charge in [0.25, 0.3) is 0 Å². The number of anilines is 1. The average Bonchev–Trinajstić information content (AvgIpc) is 2.93. The molecule has 0 radical (unpaired) electrons. The zero-order valence-corrected chi connectivity index (χ0v) is 12.8. The van der Waals surface area contributed by atoms with Crippen molar-refractivity contribution >= 4 is 15.8 Å². The SMILES string of the molecule is CCNc1cc(S(=O)(=O)NCc2nncn2CC)ccn1. The van der Waals surface area contributed by atoms with Crippen LogP contribution in [0.5, 0.6) is 0 Å². The fraction of sp³-hybridized carbons (Fsp3) is 0.417. The number of hydrogen-bond donors (Lipinski definition) is 2. The van der Waals surface area contributed by atoms with E-state index in [0.29, 0.717) is 24.7 Å². The molecule has 8 nitrogen and oxygen atoms in total. The van der Waals surface area contributed by atoms with Crippen LogP contribution < -0.4 is 10.0 Å². The van der Waals surface area contributed by atoms with Crippen molar-refractivity contribution in [3.8, 4) is 0 Å². The molecule has 0 spiro atoms. The molecular weight excluding hydrogens is 292 g/mol. The highest BCUT2D eigenvalue weighted by Crippen LogP contribution is 2.12. The predicted molar refractivity (Wildman–Crippen MR) is 78.1 cm³/mol. The predicted octanol–water partition coefficient (Wildman–Crippen LogP) is 0.603. The van der Waals surface area contributed by atoms with Crippen molar-refractivity contribution in [2.75, 3.05) is 11.9 Å². The summed E-state index contributed by atoms with van der Waals surface area (Å²) in [6.45, 7) is 5.30. The summed E-state index contributed by atoms with van der Waals surface area (Å²) in [7, 11) is -3.61. The smallest absolute Gasteiger partial charge is 0.241 e. The molecule has 0 aliphatic heterocycles. The molecule has 0 aromatic carbocycles. The minimum atomic E-state index is -3.61. The molecule has 0 atom stereocenters. The summed E-state index contributed by atoms with van der Waals surface area (Å²) in [5.41, 5.74) is 0. The summed E-state index contributed by atoms with van der Waals surface area (Å²) in [5, 5.41) is 10.6. The highest BCUT2D eigenvalue weighted by atomic mass is 32.2. The van der Waals surface area contributed by atoms with Crippen LogP contribution in [0.25, 0.3) is 0 Å². The van der Waals surface area contributed by atoms with Gasteiger partial charge in [0.05, 0.1) is 11.4 Å². The van der Waals surface area contributed by atoms with E-state index in [2.05, 4.69) is 25.2 Å². The van der Waals surface area contributed by atoms with Crippen molar-refractivity contribution in [1.82, 2.24) is 24.5 Å². The third kappa shape index (κ3) is 3.76. The van der Waals surface area contributed by atoms with Crippen LogP contribution in [-0.2, 0) is 23.1 Å². The normalized spacial score (nSPS) is 11.5. The van der Waals surface area contributed by atoms with Gasteiger partial charge in [-0.15, -0.1) is 10.2 Å². The lowest BCUT2D eigenvalue weighted by atomic mass is 10.4. The first-order chi connectivity index (χ1) is 10.1. The topological polar surface area (TPSA) is 102 Å². The summed E-state index contributed by atoms with van der Waals surface area (Å²) >= 11 is 0. The van der Waals surface area contributed by atoms with E-state index in [-0.39, 0.29) is 11.4 Å². The van der Waals surface area contributed by atoms with E-state index < -0.39 is 10.0 Å². The molecule has 2 aromatic heterocycles. The Morgan fingerprint density at radius 1 is 1.33 bits per heavy atom. The van der Waals surface area contributed by atoms with E-state index in [9.17, 15) is 8.42 Å². The van der Waals surface area contributed by atoms with E-state index in [1.165, 1.54) is 18.3 Å². The van der Waals surface area contributed by atoms with E-state index in [1.54, 1.807) is 10.9 Å². The Hall–Kier alpha value is -2.00. The molecule has 0 saturated heterocycles. The fourth-order valence-electron chi connectivity index (χ4n) is 1.78. The number of aryl methyl sites for hydroxylation is 1. The number of hydrogen-bond acceptors (Lipinski definition) is 6. The zero-order valence-electron chi connectivity index (χ0n) is 11.9. The van der Waals surface area contributed by atoms with Crippen molar-refractivity contribution < 1.29 is 8.42 Å². The van der Waals surface area contributed by atoms with Crippen LogP contribution in [0.15, 0.2) is 29.6 Å². The van der Waals surface area contributed by atoms with Crippen LogP contribution in [0.4, 0.5) is 5.82 Å². The Kier molecular flexibility index (Phi) is 4.86. The molecule has 2 aromatic rings. The Morgan fingerprint density at radius 2 is 2.14 bits per heavy atom. The van der Waals surface area contributed by atoms with Crippen LogP contribution in [0, 0.1) is 0 Å². The van der Waals surface area contributed by atoms with Gasteiger partial charge in [-0.25, -0.2) is 18.1 Å². The molecule has 0 bridgehead atoms. The molecule has 0 unspecified atom stereocenters. The lowest BCUT2D eigenvalue weighted by Gasteiger charge is -2.08. The van der Waals surface area contributed by atoms with Crippen LogP contribution >= 0.6 is 0 Å². The maximum absolute atomic E-state index is 12.3. The molecule has 9 heteroatoms. The standard InChI is InChI=1S/C12H18N6O2S/c1-3-13-11-7-10(5-6-14-11)21(19,20)16-8-12-17-15-9-18(12)4-2/h5-7,9,16H,3-4,8H2,1-2H3,(H,13,14). The second-order valence-corrected chi connectivity index (χ2v) is 6.03. The Bertz CT molecular complexity index is 697. The molecule has 0 aliphatic carbocycles. The first-order valence-electron chi connectivity index (χ1n) is 6.63. The Balaban J connectivity index is 2.13. The summed E-state index contributed by atoms with van der Waals surface area (Å²) in [6.07, 6.45) is 3.03. The van der Waals surface area contributed by atoms with Crippen molar-refractivity contribution in [3.05, 3.63) is 30.5 Å². The van der Waals surface area contributed by atoms with Gasteiger partial charge >= 0.3 is 0 Å². The third-order valence-corrected chi connectivity index (χ3v) is 4.26. The van der Waals surface area contributed by atoms with Gasteiger partial charge in [0.15, 0.2) is 0 Å². The number of pyridine rings is 1. The first-order valence-corrected chi connectivity index (χ1v) is 8.11. The third-order valence-electron chi connectivity index (χ3n) is 2.86. The van der Waals surface area contributed by atoms with Gasteiger partial charge < -0.3 is 9.88 Å². The highest BCUT2D eigenvalue weighted by Gasteiger charge is 2.16. The number of rotatable bonds is 7. The highest BCUT2D eigenvalue weighted by molar-refractivity contribution is 7.89. The lowest BCUT2D eigenvalue weighted by Crippen LogP contribution is -2.25. The quantitative estimate of drug-likeness (QED) is 0.776. The average molecular weight is 310 g/mol. The van der Waals surface area contributed by atoms with Gasteiger partial charge in [0, 0.05) is 25.4 Å². The Morgan fingerprint density at radius 3 is 2.86 bits per heavy atom. The van der Waals surface area contributed by atoms with Gasteiger partial charge in [-0.2, -0.15) is 0 Å². The number of aromatic nitrogens is 4. The summed E-state index contributed by atoms with van der Waals surface area (Å²) in [5.74, 6) is 1.10.